The molecule has 0 aliphatic rings. The van der Waals surface area contributed by atoms with Crippen LogP contribution in [0, 0.1) is 0 Å². The van der Waals surface area contributed by atoms with E-state index in [0.29, 0.717) is 5.69 Å². The summed E-state index contributed by atoms with van der Waals surface area (Å²) in [7, 11) is 1.45. The standard InChI is InChI=1S/C12H15N3O5/c1-14(6-9-4-2-3-5-13-9)12(20)15(7-10(16)17)8-11(18)19/h2-5H,6-8H2,1H3,(H,16,17)(H,18,19). The number of carboxylic acid groups (broad SMARTS) is 2. The van der Waals surface area contributed by atoms with E-state index < -0.39 is 31.1 Å². The molecule has 0 aliphatic heterocycles. The summed E-state index contributed by atoms with van der Waals surface area (Å²) in [5.41, 5.74) is 0.619. The van der Waals surface area contributed by atoms with Gasteiger partial charge in [0.15, 0.2) is 0 Å². The molecule has 1 rings (SSSR count). The lowest BCUT2D eigenvalue weighted by atomic mass is 10.3. The molecule has 108 valence electrons. The lowest BCUT2D eigenvalue weighted by molar-refractivity contribution is -0.140. The van der Waals surface area contributed by atoms with Gasteiger partial charge in [-0.2, -0.15) is 0 Å². The minimum Gasteiger partial charge on any atom is -0.480 e. The SMILES string of the molecule is CN(Cc1ccccn1)C(=O)N(CC(=O)O)CC(=O)O. The quantitative estimate of drug-likeness (QED) is 0.765. The zero-order valence-corrected chi connectivity index (χ0v) is 10.9. The van der Waals surface area contributed by atoms with Crippen LogP contribution in [0.15, 0.2) is 24.4 Å². The van der Waals surface area contributed by atoms with Crippen LogP contribution in [-0.2, 0) is 16.1 Å². The van der Waals surface area contributed by atoms with Crippen molar-refractivity contribution in [2.45, 2.75) is 6.54 Å². The van der Waals surface area contributed by atoms with Crippen molar-refractivity contribution in [3.05, 3.63) is 30.1 Å². The van der Waals surface area contributed by atoms with Crippen molar-refractivity contribution < 1.29 is 24.6 Å². The summed E-state index contributed by atoms with van der Waals surface area (Å²) in [6, 6.07) is 4.52. The Labute approximate surface area is 115 Å². The molecule has 0 aliphatic carbocycles. The highest BCUT2D eigenvalue weighted by Crippen LogP contribution is 2.03. The molecule has 0 unspecified atom stereocenters. The summed E-state index contributed by atoms with van der Waals surface area (Å²) in [6.45, 7) is -1.18. The van der Waals surface area contributed by atoms with Gasteiger partial charge in [-0.15, -0.1) is 0 Å². The van der Waals surface area contributed by atoms with Gasteiger partial charge in [0.1, 0.15) is 13.1 Å². The number of amides is 2. The highest BCUT2D eigenvalue weighted by molar-refractivity contribution is 5.84. The minimum absolute atomic E-state index is 0.162. The number of carbonyl (C=O) groups excluding carboxylic acids is 1. The third kappa shape index (κ3) is 4.92. The van der Waals surface area contributed by atoms with E-state index in [4.69, 9.17) is 10.2 Å². The van der Waals surface area contributed by atoms with Gasteiger partial charge in [-0.25, -0.2) is 4.79 Å². The molecule has 8 nitrogen and oxygen atoms in total. The molecule has 1 aromatic rings. The average molecular weight is 281 g/mol. The number of pyridine rings is 1. The van der Waals surface area contributed by atoms with E-state index in [1.165, 1.54) is 11.9 Å². The van der Waals surface area contributed by atoms with Crippen molar-refractivity contribution in [3.8, 4) is 0 Å². The lowest BCUT2D eigenvalue weighted by Gasteiger charge is -2.25. The second-order valence-electron chi connectivity index (χ2n) is 4.10. The molecule has 2 N–H and O–H groups in total. The van der Waals surface area contributed by atoms with E-state index in [0.717, 1.165) is 4.90 Å². The van der Waals surface area contributed by atoms with Crippen LogP contribution < -0.4 is 0 Å². The Morgan fingerprint density at radius 3 is 2.20 bits per heavy atom. The summed E-state index contributed by atoms with van der Waals surface area (Å²) in [6.07, 6.45) is 1.57. The number of nitrogens with zero attached hydrogens (tertiary/aromatic N) is 3. The summed E-state index contributed by atoms with van der Waals surface area (Å²) in [5.74, 6) is -2.54. The Morgan fingerprint density at radius 2 is 1.75 bits per heavy atom. The zero-order valence-electron chi connectivity index (χ0n) is 10.9. The average Bonchev–Trinajstić information content (AvgIpc) is 2.37. The molecule has 0 saturated heterocycles. The molecule has 0 fully saturated rings. The van der Waals surface area contributed by atoms with Crippen LogP contribution in [0.3, 0.4) is 0 Å². The van der Waals surface area contributed by atoms with Gasteiger partial charge in [0.25, 0.3) is 0 Å². The Bertz CT molecular complexity index is 475. The van der Waals surface area contributed by atoms with E-state index in [9.17, 15) is 14.4 Å². The lowest BCUT2D eigenvalue weighted by Crippen LogP contribution is -2.45. The van der Waals surface area contributed by atoms with Gasteiger partial charge in [0.05, 0.1) is 12.2 Å². The molecule has 0 aromatic carbocycles. The van der Waals surface area contributed by atoms with Gasteiger partial charge in [0.2, 0.25) is 0 Å². The maximum Gasteiger partial charge on any atom is 0.323 e. The van der Waals surface area contributed by atoms with Crippen LogP contribution in [0.4, 0.5) is 4.79 Å². The molecule has 1 aromatic heterocycles. The number of carbonyl (C=O) groups is 3. The van der Waals surface area contributed by atoms with Crippen molar-refractivity contribution in [2.75, 3.05) is 20.1 Å². The van der Waals surface area contributed by atoms with Crippen LogP contribution in [0.25, 0.3) is 0 Å². The number of aliphatic carboxylic acids is 2. The predicted molar refractivity (Wildman–Crippen MR) is 67.9 cm³/mol. The fraction of sp³-hybridized carbons (Fsp3) is 0.333. The molecule has 0 radical (unpaired) electrons. The van der Waals surface area contributed by atoms with Crippen molar-refractivity contribution in [1.82, 2.24) is 14.8 Å². The second-order valence-corrected chi connectivity index (χ2v) is 4.10. The van der Waals surface area contributed by atoms with Gasteiger partial charge < -0.3 is 20.0 Å². The fourth-order valence-electron chi connectivity index (χ4n) is 1.56. The van der Waals surface area contributed by atoms with Crippen LogP contribution >= 0.6 is 0 Å². The maximum absolute atomic E-state index is 12.0. The molecular weight excluding hydrogens is 266 g/mol. The summed E-state index contributed by atoms with van der Waals surface area (Å²) in [5, 5.41) is 17.4. The Hall–Kier alpha value is -2.64. The van der Waals surface area contributed by atoms with Gasteiger partial charge in [-0.3, -0.25) is 14.6 Å². The van der Waals surface area contributed by atoms with E-state index >= 15 is 0 Å². The predicted octanol–water partition coefficient (Wildman–Crippen LogP) is 0.105. The van der Waals surface area contributed by atoms with Gasteiger partial charge in [-0.05, 0) is 12.1 Å². The fourth-order valence-corrected chi connectivity index (χ4v) is 1.56. The normalized spacial score (nSPS) is 9.85. The first-order valence-corrected chi connectivity index (χ1v) is 5.73. The van der Waals surface area contributed by atoms with Gasteiger partial charge in [-0.1, -0.05) is 6.07 Å². The largest absolute Gasteiger partial charge is 0.480 e. The zero-order chi connectivity index (χ0) is 15.1. The summed E-state index contributed by atoms with van der Waals surface area (Å²) >= 11 is 0. The van der Waals surface area contributed by atoms with E-state index in [1.807, 2.05) is 0 Å². The number of aromatic nitrogens is 1. The topological polar surface area (TPSA) is 111 Å². The van der Waals surface area contributed by atoms with Gasteiger partial charge >= 0.3 is 18.0 Å². The molecule has 0 bridgehead atoms. The molecule has 0 saturated carbocycles. The van der Waals surface area contributed by atoms with Crippen LogP contribution in [0.5, 0.6) is 0 Å². The van der Waals surface area contributed by atoms with Crippen molar-refractivity contribution in [2.24, 2.45) is 0 Å². The second kappa shape index (κ2) is 7.07. The third-order valence-electron chi connectivity index (χ3n) is 2.37. The molecule has 1 heterocycles. The number of rotatable bonds is 6. The maximum atomic E-state index is 12.0. The number of carboxylic acids is 2. The van der Waals surface area contributed by atoms with Crippen molar-refractivity contribution >= 4 is 18.0 Å². The van der Waals surface area contributed by atoms with E-state index in [1.54, 1.807) is 24.4 Å². The molecule has 8 heteroatoms. The van der Waals surface area contributed by atoms with Crippen molar-refractivity contribution in [1.29, 1.82) is 0 Å². The van der Waals surface area contributed by atoms with E-state index in [-0.39, 0.29) is 6.54 Å². The highest BCUT2D eigenvalue weighted by atomic mass is 16.4. The molecule has 2 amide bonds. The first-order chi connectivity index (χ1) is 9.40. The molecule has 0 spiro atoms. The van der Waals surface area contributed by atoms with Crippen molar-refractivity contribution in [3.63, 3.8) is 0 Å². The number of hydrogen-bond donors (Lipinski definition) is 2. The van der Waals surface area contributed by atoms with Crippen LogP contribution in [0.2, 0.25) is 0 Å². The first-order valence-electron chi connectivity index (χ1n) is 5.73. The third-order valence-corrected chi connectivity index (χ3v) is 2.37. The molecular formula is C12H15N3O5. The summed E-state index contributed by atoms with van der Waals surface area (Å²) < 4.78 is 0. The molecule has 0 atom stereocenters. The first kappa shape index (κ1) is 15.4. The number of hydrogen-bond acceptors (Lipinski definition) is 4. The van der Waals surface area contributed by atoms with E-state index in [2.05, 4.69) is 4.98 Å². The monoisotopic (exact) mass is 281 g/mol. The minimum atomic E-state index is -1.27. The molecule has 20 heavy (non-hydrogen) atoms. The van der Waals surface area contributed by atoms with Gasteiger partial charge in [0, 0.05) is 13.2 Å². The Kier molecular flexibility index (Phi) is 5.45. The Balaban J connectivity index is 2.72. The van der Waals surface area contributed by atoms with Crippen LogP contribution in [-0.4, -0.2) is 63.1 Å². The smallest absolute Gasteiger partial charge is 0.323 e. The Morgan fingerprint density at radius 1 is 1.15 bits per heavy atom. The summed E-state index contributed by atoms with van der Waals surface area (Å²) in [4.78, 5) is 39.3. The number of urea groups is 1. The van der Waals surface area contributed by atoms with Crippen LogP contribution in [0.1, 0.15) is 5.69 Å². The highest BCUT2D eigenvalue weighted by Gasteiger charge is 2.22.